The molecule has 5 rings (SSSR count). The van der Waals surface area contributed by atoms with E-state index in [0.717, 1.165) is 48.6 Å². The second-order valence-electron chi connectivity index (χ2n) is 11.0. The van der Waals surface area contributed by atoms with Gasteiger partial charge in [0.1, 0.15) is 5.60 Å². The Balaban J connectivity index is 0.000000272. The number of nitrogens with zero attached hydrogens (tertiary/aromatic N) is 5. The molecule has 11 heteroatoms. The summed E-state index contributed by atoms with van der Waals surface area (Å²) in [4.78, 5) is 34.1. The van der Waals surface area contributed by atoms with E-state index in [4.69, 9.17) is 27.9 Å². The van der Waals surface area contributed by atoms with E-state index in [1.807, 2.05) is 72.0 Å². The van der Waals surface area contributed by atoms with E-state index in [-0.39, 0.29) is 11.7 Å². The van der Waals surface area contributed by atoms with Crippen LogP contribution in [0.2, 0.25) is 10.0 Å². The number of carbonyl (C=O) groups excluding carboxylic acids is 1. The van der Waals surface area contributed by atoms with Crippen LogP contribution in [0.4, 0.5) is 4.79 Å². The van der Waals surface area contributed by atoms with Crippen LogP contribution in [0.5, 0.6) is 0 Å². The van der Waals surface area contributed by atoms with Crippen molar-refractivity contribution in [2.24, 2.45) is 12.2 Å². The third kappa shape index (κ3) is 7.96. The fourth-order valence-electron chi connectivity index (χ4n) is 4.75. The highest BCUT2D eigenvalue weighted by atomic mass is 35.5. The molecule has 0 bridgehead atoms. The number of hydrogen-bond acceptors (Lipinski definition) is 7. The number of benzene rings is 1. The van der Waals surface area contributed by atoms with Crippen molar-refractivity contribution in [3.63, 3.8) is 0 Å². The third-order valence-corrected chi connectivity index (χ3v) is 7.23. The van der Waals surface area contributed by atoms with Crippen LogP contribution in [0, 0.1) is 4.91 Å². The third-order valence-electron chi connectivity index (χ3n) is 6.78. The summed E-state index contributed by atoms with van der Waals surface area (Å²) in [5.74, 6) is 0. The van der Waals surface area contributed by atoms with Crippen LogP contribution < -0.4 is 5.32 Å². The molecule has 0 radical (unpaired) electrons. The Morgan fingerprint density at radius 1 is 1.05 bits per heavy atom. The van der Waals surface area contributed by atoms with Gasteiger partial charge in [0.25, 0.3) is 0 Å². The number of carbonyl (C=O) groups is 1. The number of nitrogens with one attached hydrogen (secondary N) is 1. The van der Waals surface area contributed by atoms with Crippen LogP contribution in [-0.2, 0) is 23.7 Å². The Bertz CT molecular complexity index is 1430. The van der Waals surface area contributed by atoms with Gasteiger partial charge in [-0.3, -0.25) is 4.98 Å². The molecule has 1 unspecified atom stereocenters. The van der Waals surface area contributed by atoms with Crippen LogP contribution in [0.15, 0.2) is 48.2 Å². The van der Waals surface area contributed by atoms with Gasteiger partial charge in [-0.1, -0.05) is 48.3 Å². The molecule has 3 aromatic rings. The van der Waals surface area contributed by atoms with Crippen LogP contribution in [0.1, 0.15) is 69.6 Å². The smallest absolute Gasteiger partial charge is 0.410 e. The Morgan fingerprint density at radius 2 is 1.74 bits per heavy atom. The van der Waals surface area contributed by atoms with Crippen molar-refractivity contribution in [3.8, 4) is 0 Å². The lowest BCUT2D eigenvalue weighted by atomic mass is 9.83. The summed E-state index contributed by atoms with van der Waals surface area (Å²) < 4.78 is 7.03. The molecule has 1 atom stereocenters. The number of amides is 1. The summed E-state index contributed by atoms with van der Waals surface area (Å²) in [5, 5.41) is 7.84. The molecule has 1 aliphatic carbocycles. The van der Waals surface area contributed by atoms with Gasteiger partial charge in [0.05, 0.1) is 28.9 Å². The maximum absolute atomic E-state index is 12.2. The second kappa shape index (κ2) is 14.3. The summed E-state index contributed by atoms with van der Waals surface area (Å²) in [6.45, 7) is 14.6. The lowest BCUT2D eigenvalue weighted by molar-refractivity contribution is 0.0229. The zero-order chi connectivity index (χ0) is 31.1. The minimum Gasteiger partial charge on any atom is -0.444 e. The summed E-state index contributed by atoms with van der Waals surface area (Å²) in [6, 6.07) is 7.56. The van der Waals surface area contributed by atoms with Crippen molar-refractivity contribution in [3.05, 3.63) is 86.0 Å². The normalized spacial score (nSPS) is 15.6. The minimum atomic E-state index is -1.17. The molecule has 1 saturated heterocycles. The number of piperazine rings is 1. The first-order valence-corrected chi connectivity index (χ1v) is 14.8. The number of pyridine rings is 1. The number of halogens is 2. The van der Waals surface area contributed by atoms with Crippen LogP contribution >= 0.6 is 23.2 Å². The lowest BCUT2D eigenvalue weighted by Crippen LogP contribution is -2.48. The molecule has 1 N–H and O–H groups in total. The number of aromatic nitrogens is 3. The molecule has 3 heterocycles. The van der Waals surface area contributed by atoms with Gasteiger partial charge >= 0.3 is 6.09 Å². The molecule has 42 heavy (non-hydrogen) atoms. The minimum absolute atomic E-state index is 0.200. The van der Waals surface area contributed by atoms with Crippen molar-refractivity contribution < 1.29 is 9.53 Å². The average Bonchev–Trinajstić information content (AvgIpc) is 3.33. The van der Waals surface area contributed by atoms with E-state index >= 15 is 0 Å². The Labute approximate surface area is 258 Å². The molecule has 1 fully saturated rings. The van der Waals surface area contributed by atoms with Gasteiger partial charge in [0, 0.05) is 56.4 Å². The fourth-order valence-corrected chi connectivity index (χ4v) is 5.09. The van der Waals surface area contributed by atoms with E-state index in [9.17, 15) is 9.70 Å². The first-order chi connectivity index (χ1) is 19.9. The quantitative estimate of drug-likeness (QED) is 0.316. The topological polar surface area (TPSA) is 102 Å². The van der Waals surface area contributed by atoms with Crippen LogP contribution in [0.3, 0.4) is 0 Å². The van der Waals surface area contributed by atoms with Crippen molar-refractivity contribution in [1.29, 1.82) is 0 Å². The highest BCUT2D eigenvalue weighted by Crippen LogP contribution is 2.44. The molecule has 9 nitrogen and oxygen atoms in total. The average molecular weight is 616 g/mol. The zero-order valence-electron chi connectivity index (χ0n) is 25.4. The number of rotatable bonds is 3. The van der Waals surface area contributed by atoms with Crippen molar-refractivity contribution in [2.45, 2.75) is 59.1 Å². The number of ether oxygens (including phenoxy) is 1. The Kier molecular flexibility index (Phi) is 11.3. The predicted molar refractivity (Wildman–Crippen MR) is 170 cm³/mol. The molecule has 1 amide bonds. The SMILES string of the molecule is CC.CC(C)(C)OC(=O)N1CCNCC1.Cn1cncc1C(C)(N=O)C1=Cc2cc(Cl)ccc2Cc2ncc(Cl)cc21. The van der Waals surface area contributed by atoms with Gasteiger partial charge in [0.15, 0.2) is 5.54 Å². The van der Waals surface area contributed by atoms with Crippen molar-refractivity contribution in [1.82, 2.24) is 24.8 Å². The van der Waals surface area contributed by atoms with Crippen molar-refractivity contribution in [2.75, 3.05) is 26.2 Å². The fraction of sp³-hybridized carbons (Fsp3) is 0.452. The number of fused-ring (bicyclic) bond motifs is 2. The largest absolute Gasteiger partial charge is 0.444 e. The summed E-state index contributed by atoms with van der Waals surface area (Å²) in [7, 11) is 1.84. The number of imidazole rings is 1. The summed E-state index contributed by atoms with van der Waals surface area (Å²) in [5.41, 5.74) is 3.49. The predicted octanol–water partition coefficient (Wildman–Crippen LogP) is 7.10. The number of aryl methyl sites for hydroxylation is 1. The number of hydrogen-bond donors (Lipinski definition) is 1. The summed E-state index contributed by atoms with van der Waals surface area (Å²) in [6.07, 6.45) is 7.30. The highest BCUT2D eigenvalue weighted by Gasteiger charge is 2.38. The molecular formula is C31H40Cl2N6O3. The van der Waals surface area contributed by atoms with Gasteiger partial charge in [-0.25, -0.2) is 9.78 Å². The molecule has 1 aromatic carbocycles. The molecule has 1 aliphatic heterocycles. The maximum atomic E-state index is 12.2. The van der Waals surface area contributed by atoms with Crippen molar-refractivity contribution >= 4 is 40.9 Å². The summed E-state index contributed by atoms with van der Waals surface area (Å²) >= 11 is 12.5. The Hall–Kier alpha value is -3.27. The lowest BCUT2D eigenvalue weighted by Gasteiger charge is -2.30. The highest BCUT2D eigenvalue weighted by molar-refractivity contribution is 6.31. The maximum Gasteiger partial charge on any atom is 0.410 e. The van der Waals surface area contributed by atoms with E-state index in [1.165, 1.54) is 0 Å². The van der Waals surface area contributed by atoms with E-state index in [1.54, 1.807) is 35.1 Å². The molecule has 0 spiro atoms. The molecule has 2 aliphatic rings. The molecule has 226 valence electrons. The molecule has 0 saturated carbocycles. The molecular weight excluding hydrogens is 575 g/mol. The Morgan fingerprint density at radius 3 is 2.33 bits per heavy atom. The second-order valence-corrected chi connectivity index (χ2v) is 11.9. The van der Waals surface area contributed by atoms with Gasteiger partial charge in [-0.2, -0.15) is 0 Å². The molecule has 2 aromatic heterocycles. The standard InChI is InChI=1S/C20H16Cl2N4O.C9H18N2O2.C2H6/c1-20(25-27,19-10-23-11-26(19)2)17-6-13-5-14(21)4-3-12(13)7-18-16(17)8-15(22)9-24-18;1-9(2,3)13-8(12)11-6-4-10-5-7-11;1-2/h3-6,8-11H,7H2,1-2H3;10H,4-7H2,1-3H3;1-2H3. The van der Waals surface area contributed by atoms with Gasteiger partial charge in [-0.05, 0) is 68.7 Å². The first-order valence-electron chi connectivity index (χ1n) is 14.1. The van der Waals surface area contributed by atoms with Crippen LogP contribution in [0.25, 0.3) is 11.6 Å². The van der Waals surface area contributed by atoms with Gasteiger partial charge in [-0.15, -0.1) is 4.91 Å². The monoisotopic (exact) mass is 614 g/mol. The van der Waals surface area contributed by atoms with E-state index < -0.39 is 5.54 Å². The van der Waals surface area contributed by atoms with E-state index in [0.29, 0.717) is 27.7 Å². The zero-order valence-corrected chi connectivity index (χ0v) is 26.9. The van der Waals surface area contributed by atoms with Crippen LogP contribution in [-0.4, -0.2) is 57.3 Å². The first kappa shape index (κ1) is 33.2. The van der Waals surface area contributed by atoms with Gasteiger partial charge in [0.2, 0.25) is 0 Å². The van der Waals surface area contributed by atoms with E-state index in [2.05, 4.69) is 20.5 Å². The van der Waals surface area contributed by atoms with Gasteiger partial charge < -0.3 is 19.5 Å². The number of nitroso groups, excluding NO2 is 1.